The van der Waals surface area contributed by atoms with E-state index in [1.807, 2.05) is 5.32 Å². The van der Waals surface area contributed by atoms with E-state index < -0.39 is 41.4 Å². The predicted octanol–water partition coefficient (Wildman–Crippen LogP) is 5.95. The van der Waals surface area contributed by atoms with Gasteiger partial charge in [0, 0.05) is 11.8 Å². The van der Waals surface area contributed by atoms with Gasteiger partial charge < -0.3 is 10.1 Å². The molecule has 0 bridgehead atoms. The summed E-state index contributed by atoms with van der Waals surface area (Å²) in [5.41, 5.74) is -1.65. The number of alkyl halides is 5. The van der Waals surface area contributed by atoms with Crippen LogP contribution in [-0.4, -0.2) is 24.5 Å². The van der Waals surface area contributed by atoms with Crippen LogP contribution in [0.2, 0.25) is 5.02 Å². The van der Waals surface area contributed by atoms with Crippen molar-refractivity contribution in [3.05, 3.63) is 82.6 Å². The van der Waals surface area contributed by atoms with Crippen molar-refractivity contribution >= 4 is 17.5 Å². The average Bonchev–Trinajstić information content (AvgIpc) is 2.76. The molecular formula is C22H16ClF5N2O2. The molecule has 0 saturated heterocycles. The number of ether oxygens (including phenoxy) is 1. The van der Waals surface area contributed by atoms with Crippen LogP contribution >= 0.6 is 11.6 Å². The number of halogens is 6. The number of nitrogens with one attached hydrogen (secondary N) is 1. The van der Waals surface area contributed by atoms with E-state index in [-0.39, 0.29) is 5.02 Å². The molecule has 0 fully saturated rings. The predicted molar refractivity (Wildman–Crippen MR) is 109 cm³/mol. The van der Waals surface area contributed by atoms with Crippen LogP contribution in [0.15, 0.2) is 60.8 Å². The van der Waals surface area contributed by atoms with Gasteiger partial charge in [-0.2, -0.15) is 22.0 Å². The van der Waals surface area contributed by atoms with Crippen molar-refractivity contribution in [2.75, 3.05) is 13.7 Å². The topological polar surface area (TPSA) is 51.2 Å². The van der Waals surface area contributed by atoms with Crippen molar-refractivity contribution in [3.8, 4) is 16.9 Å². The van der Waals surface area contributed by atoms with Crippen LogP contribution in [0.1, 0.15) is 21.6 Å². The minimum Gasteiger partial charge on any atom is -0.497 e. The summed E-state index contributed by atoms with van der Waals surface area (Å²) in [5.74, 6) is -4.40. The standard InChI is InChI=1S/C22H16ClF5N2O2/c1-32-15-8-6-13(7-9-15)14-10-18(23)19(29-11-14)21(24,25)12-30-20(31)16-4-2-3-5-17(16)22(26,27)28/h2-11H,12H2,1H3,(H,30,31). The van der Waals surface area contributed by atoms with Gasteiger partial charge in [-0.05, 0) is 35.9 Å². The van der Waals surface area contributed by atoms with Gasteiger partial charge in [-0.3, -0.25) is 9.78 Å². The lowest BCUT2D eigenvalue weighted by Crippen LogP contribution is -2.36. The van der Waals surface area contributed by atoms with E-state index in [1.54, 1.807) is 24.3 Å². The van der Waals surface area contributed by atoms with Gasteiger partial charge in [0.15, 0.2) is 0 Å². The fourth-order valence-corrected chi connectivity index (χ4v) is 3.25. The Morgan fingerprint density at radius 3 is 2.28 bits per heavy atom. The molecule has 0 radical (unpaired) electrons. The van der Waals surface area contributed by atoms with Gasteiger partial charge in [-0.25, -0.2) is 0 Å². The number of nitrogens with zero attached hydrogens (tertiary/aromatic N) is 1. The largest absolute Gasteiger partial charge is 0.497 e. The van der Waals surface area contributed by atoms with Gasteiger partial charge in [0.25, 0.3) is 5.91 Å². The van der Waals surface area contributed by atoms with E-state index in [0.29, 0.717) is 22.9 Å². The van der Waals surface area contributed by atoms with E-state index in [4.69, 9.17) is 16.3 Å². The molecule has 4 nitrogen and oxygen atoms in total. The molecule has 3 aromatic rings. The maximum atomic E-state index is 14.7. The number of benzene rings is 2. The lowest BCUT2D eigenvalue weighted by atomic mass is 10.1. The highest BCUT2D eigenvalue weighted by atomic mass is 35.5. The normalized spacial score (nSPS) is 11.8. The summed E-state index contributed by atoms with van der Waals surface area (Å²) >= 11 is 6.01. The number of pyridine rings is 1. The highest BCUT2D eigenvalue weighted by Gasteiger charge is 2.38. The molecule has 168 valence electrons. The van der Waals surface area contributed by atoms with E-state index in [1.165, 1.54) is 25.4 Å². The van der Waals surface area contributed by atoms with Gasteiger partial charge in [0.05, 0.1) is 29.8 Å². The fourth-order valence-electron chi connectivity index (χ4n) is 2.95. The second-order valence-electron chi connectivity index (χ2n) is 6.71. The Labute approximate surface area is 185 Å². The molecule has 0 spiro atoms. The van der Waals surface area contributed by atoms with Gasteiger partial charge in [-0.15, -0.1) is 0 Å². The van der Waals surface area contributed by atoms with Gasteiger partial charge in [0.2, 0.25) is 0 Å². The van der Waals surface area contributed by atoms with Crippen LogP contribution in [0.5, 0.6) is 5.75 Å². The molecule has 1 heterocycles. The molecule has 2 aromatic carbocycles. The summed E-state index contributed by atoms with van der Waals surface area (Å²) < 4.78 is 73.6. The minimum atomic E-state index is -4.81. The van der Waals surface area contributed by atoms with Crippen LogP contribution in [0.3, 0.4) is 0 Å². The molecule has 0 unspecified atom stereocenters. The van der Waals surface area contributed by atoms with Gasteiger partial charge >= 0.3 is 12.1 Å². The van der Waals surface area contributed by atoms with Crippen LogP contribution in [0.4, 0.5) is 22.0 Å². The lowest BCUT2D eigenvalue weighted by molar-refractivity contribution is -0.137. The number of methoxy groups -OCH3 is 1. The maximum Gasteiger partial charge on any atom is 0.417 e. The summed E-state index contributed by atoms with van der Waals surface area (Å²) in [7, 11) is 1.50. The SMILES string of the molecule is COc1ccc(-c2cnc(C(F)(F)CNC(=O)c3ccccc3C(F)(F)F)c(Cl)c2)cc1. The molecule has 1 aromatic heterocycles. The Hall–Kier alpha value is -3.20. The van der Waals surface area contributed by atoms with Crippen molar-refractivity contribution in [2.24, 2.45) is 0 Å². The quantitative estimate of drug-likeness (QED) is 0.453. The number of rotatable bonds is 6. The van der Waals surface area contributed by atoms with Crippen LogP contribution < -0.4 is 10.1 Å². The van der Waals surface area contributed by atoms with Crippen molar-refractivity contribution in [3.63, 3.8) is 0 Å². The lowest BCUT2D eigenvalue weighted by Gasteiger charge is -2.19. The Bertz CT molecular complexity index is 1120. The zero-order valence-electron chi connectivity index (χ0n) is 16.5. The number of amides is 1. The summed E-state index contributed by atoms with van der Waals surface area (Å²) in [4.78, 5) is 15.9. The van der Waals surface area contributed by atoms with Crippen LogP contribution in [0, 0.1) is 0 Å². The second kappa shape index (κ2) is 9.12. The zero-order valence-corrected chi connectivity index (χ0v) is 17.3. The first-order valence-corrected chi connectivity index (χ1v) is 9.53. The molecule has 1 amide bonds. The first kappa shape index (κ1) is 23.5. The molecular weight excluding hydrogens is 455 g/mol. The third kappa shape index (κ3) is 5.16. The van der Waals surface area contributed by atoms with E-state index in [2.05, 4.69) is 4.98 Å². The number of carbonyl (C=O) groups is 1. The Balaban J connectivity index is 1.77. The number of hydrogen-bond donors (Lipinski definition) is 1. The highest BCUT2D eigenvalue weighted by molar-refractivity contribution is 6.31. The Morgan fingerprint density at radius 2 is 1.69 bits per heavy atom. The van der Waals surface area contributed by atoms with Crippen molar-refractivity contribution in [1.82, 2.24) is 10.3 Å². The third-order valence-corrected chi connectivity index (χ3v) is 4.85. The molecule has 0 aliphatic rings. The average molecular weight is 471 g/mol. The minimum absolute atomic E-state index is 0.353. The monoisotopic (exact) mass is 470 g/mol. The summed E-state index contributed by atoms with van der Waals surface area (Å²) in [6.45, 7) is -1.29. The molecule has 3 rings (SSSR count). The van der Waals surface area contributed by atoms with Crippen LogP contribution in [0.25, 0.3) is 11.1 Å². The molecule has 0 aliphatic carbocycles. The second-order valence-corrected chi connectivity index (χ2v) is 7.12. The van der Waals surface area contributed by atoms with E-state index in [0.717, 1.165) is 12.1 Å². The molecule has 0 aliphatic heterocycles. The molecule has 0 atom stereocenters. The zero-order chi connectivity index (χ0) is 23.5. The van der Waals surface area contributed by atoms with Crippen molar-refractivity contribution in [2.45, 2.75) is 12.1 Å². The first-order chi connectivity index (χ1) is 15.0. The van der Waals surface area contributed by atoms with Gasteiger partial charge in [0.1, 0.15) is 11.4 Å². The van der Waals surface area contributed by atoms with E-state index >= 15 is 0 Å². The van der Waals surface area contributed by atoms with Crippen molar-refractivity contribution < 1.29 is 31.5 Å². The molecule has 1 N–H and O–H groups in total. The summed E-state index contributed by atoms with van der Waals surface area (Å²) in [5, 5.41) is 1.48. The van der Waals surface area contributed by atoms with Crippen molar-refractivity contribution in [1.29, 1.82) is 0 Å². The Morgan fingerprint density at radius 1 is 1.03 bits per heavy atom. The number of carbonyl (C=O) groups excluding carboxylic acids is 1. The van der Waals surface area contributed by atoms with Gasteiger partial charge in [-0.1, -0.05) is 35.9 Å². The molecule has 0 saturated carbocycles. The van der Waals surface area contributed by atoms with E-state index in [9.17, 15) is 26.7 Å². The highest BCUT2D eigenvalue weighted by Crippen LogP contribution is 2.35. The fraction of sp³-hybridized carbons (Fsp3) is 0.182. The number of hydrogen-bond acceptors (Lipinski definition) is 3. The number of aromatic nitrogens is 1. The third-order valence-electron chi connectivity index (χ3n) is 4.56. The maximum absolute atomic E-state index is 14.7. The molecule has 10 heteroatoms. The first-order valence-electron chi connectivity index (χ1n) is 9.15. The molecule has 32 heavy (non-hydrogen) atoms. The summed E-state index contributed by atoms with van der Waals surface area (Å²) in [6, 6.07) is 12.0. The van der Waals surface area contributed by atoms with Crippen LogP contribution in [-0.2, 0) is 12.1 Å². The summed E-state index contributed by atoms with van der Waals surface area (Å²) in [6.07, 6.45) is -3.61. The smallest absolute Gasteiger partial charge is 0.417 e. The Kier molecular flexibility index (Phi) is 6.68.